The van der Waals surface area contributed by atoms with Gasteiger partial charge in [-0.2, -0.15) is 0 Å². The highest BCUT2D eigenvalue weighted by Crippen LogP contribution is 2.05. The Hall–Kier alpha value is -2.10. The number of Topliss-reactive ketones (excluding diaryl/α,β-unsaturated/α-hetero) is 1. The first-order valence-corrected chi connectivity index (χ1v) is 5.03. The van der Waals surface area contributed by atoms with Crippen LogP contribution in [0, 0.1) is 0 Å². The van der Waals surface area contributed by atoms with Crippen molar-refractivity contribution in [2.75, 3.05) is 0 Å². The third-order valence-corrected chi connectivity index (χ3v) is 2.25. The van der Waals surface area contributed by atoms with Crippen LogP contribution in [-0.4, -0.2) is 20.7 Å². The molecule has 0 N–H and O–H groups in total. The molecule has 0 atom stereocenters. The molecule has 0 radical (unpaired) electrons. The molecule has 0 bridgehead atoms. The van der Waals surface area contributed by atoms with Crippen molar-refractivity contribution in [2.45, 2.75) is 12.8 Å². The number of ketones is 1. The molecule has 0 aliphatic heterocycles. The molecule has 0 aromatic carbocycles. The summed E-state index contributed by atoms with van der Waals surface area (Å²) in [5.41, 5.74) is 1.62. The number of hydrogen-bond acceptors (Lipinski definition) is 4. The summed E-state index contributed by atoms with van der Waals surface area (Å²) in [6.07, 6.45) is 9.14. The molecule has 80 valence electrons. The molecule has 2 rings (SSSR count). The Kier molecular flexibility index (Phi) is 3.33. The van der Waals surface area contributed by atoms with Crippen molar-refractivity contribution in [1.82, 2.24) is 15.0 Å². The highest BCUT2D eigenvalue weighted by Gasteiger charge is 2.06. The number of pyridine rings is 1. The normalized spacial score (nSPS) is 10.0. The predicted molar refractivity (Wildman–Crippen MR) is 58.9 cm³/mol. The summed E-state index contributed by atoms with van der Waals surface area (Å²) >= 11 is 0. The molecule has 0 amide bonds. The highest BCUT2D eigenvalue weighted by molar-refractivity contribution is 5.95. The van der Waals surface area contributed by atoms with Crippen LogP contribution in [0.3, 0.4) is 0 Å². The van der Waals surface area contributed by atoms with Gasteiger partial charge in [-0.3, -0.25) is 9.78 Å². The Morgan fingerprint density at radius 3 is 2.62 bits per heavy atom. The zero-order chi connectivity index (χ0) is 11.2. The van der Waals surface area contributed by atoms with Crippen LogP contribution in [0.25, 0.3) is 0 Å². The van der Waals surface area contributed by atoms with E-state index in [2.05, 4.69) is 15.0 Å². The van der Waals surface area contributed by atoms with Gasteiger partial charge in [0, 0.05) is 31.2 Å². The molecule has 16 heavy (non-hydrogen) atoms. The van der Waals surface area contributed by atoms with E-state index in [0.717, 1.165) is 5.56 Å². The topological polar surface area (TPSA) is 55.7 Å². The summed E-state index contributed by atoms with van der Waals surface area (Å²) in [5, 5.41) is 0. The summed E-state index contributed by atoms with van der Waals surface area (Å²) < 4.78 is 0. The number of aromatic nitrogens is 3. The second kappa shape index (κ2) is 5.11. The van der Waals surface area contributed by atoms with Gasteiger partial charge in [-0.25, -0.2) is 9.97 Å². The van der Waals surface area contributed by atoms with Crippen molar-refractivity contribution >= 4 is 5.78 Å². The smallest absolute Gasteiger partial charge is 0.166 e. The van der Waals surface area contributed by atoms with E-state index in [1.165, 1.54) is 6.33 Å². The molecule has 0 spiro atoms. The number of nitrogens with zero attached hydrogens (tertiary/aromatic N) is 3. The molecule has 0 unspecified atom stereocenters. The maximum absolute atomic E-state index is 11.7. The molecular formula is C12H11N3O. The maximum Gasteiger partial charge on any atom is 0.166 e. The van der Waals surface area contributed by atoms with Crippen molar-refractivity contribution in [3.8, 4) is 0 Å². The lowest BCUT2D eigenvalue weighted by Gasteiger charge is -2.00. The van der Waals surface area contributed by atoms with Crippen LogP contribution in [0.5, 0.6) is 0 Å². The Bertz CT molecular complexity index is 456. The Morgan fingerprint density at radius 2 is 1.94 bits per heavy atom. The molecule has 4 heteroatoms. The minimum absolute atomic E-state index is 0.0597. The number of aryl methyl sites for hydroxylation is 1. The zero-order valence-electron chi connectivity index (χ0n) is 8.71. The fourth-order valence-electron chi connectivity index (χ4n) is 1.39. The van der Waals surface area contributed by atoms with Crippen molar-refractivity contribution in [3.05, 3.63) is 54.4 Å². The van der Waals surface area contributed by atoms with Gasteiger partial charge in [0.15, 0.2) is 5.78 Å². The van der Waals surface area contributed by atoms with Crippen LogP contribution in [0.15, 0.2) is 43.2 Å². The quantitative estimate of drug-likeness (QED) is 0.725. The summed E-state index contributed by atoms with van der Waals surface area (Å²) in [4.78, 5) is 23.3. The first kappa shape index (κ1) is 10.4. The van der Waals surface area contributed by atoms with Crippen LogP contribution in [0.2, 0.25) is 0 Å². The SMILES string of the molecule is O=C(CCc1cccnc1)c1cncnc1. The summed E-state index contributed by atoms with van der Waals surface area (Å²) in [6.45, 7) is 0. The maximum atomic E-state index is 11.7. The molecule has 0 saturated heterocycles. The minimum atomic E-state index is 0.0597. The first-order chi connectivity index (χ1) is 7.86. The van der Waals surface area contributed by atoms with E-state index in [9.17, 15) is 4.79 Å². The van der Waals surface area contributed by atoms with Gasteiger partial charge >= 0.3 is 0 Å². The van der Waals surface area contributed by atoms with Crippen molar-refractivity contribution in [1.29, 1.82) is 0 Å². The fourth-order valence-corrected chi connectivity index (χ4v) is 1.39. The molecule has 4 nitrogen and oxygen atoms in total. The van der Waals surface area contributed by atoms with Crippen molar-refractivity contribution in [3.63, 3.8) is 0 Å². The van der Waals surface area contributed by atoms with Crippen molar-refractivity contribution in [2.24, 2.45) is 0 Å². The van der Waals surface area contributed by atoms with Crippen LogP contribution in [0.1, 0.15) is 22.3 Å². The number of carbonyl (C=O) groups is 1. The van der Waals surface area contributed by atoms with E-state index in [1.54, 1.807) is 24.8 Å². The second-order valence-electron chi connectivity index (χ2n) is 3.41. The van der Waals surface area contributed by atoms with Crippen LogP contribution in [0.4, 0.5) is 0 Å². The summed E-state index contributed by atoms with van der Waals surface area (Å²) in [6, 6.07) is 3.83. The lowest BCUT2D eigenvalue weighted by molar-refractivity contribution is 0.0982. The molecule has 0 fully saturated rings. The second-order valence-corrected chi connectivity index (χ2v) is 3.41. The van der Waals surface area contributed by atoms with Gasteiger partial charge < -0.3 is 0 Å². The van der Waals surface area contributed by atoms with Crippen LogP contribution in [-0.2, 0) is 6.42 Å². The van der Waals surface area contributed by atoms with E-state index in [1.807, 2.05) is 12.1 Å². The summed E-state index contributed by atoms with van der Waals surface area (Å²) in [7, 11) is 0. The van der Waals surface area contributed by atoms with E-state index in [-0.39, 0.29) is 5.78 Å². The van der Waals surface area contributed by atoms with Crippen molar-refractivity contribution < 1.29 is 4.79 Å². The van der Waals surface area contributed by atoms with Gasteiger partial charge in [0.25, 0.3) is 0 Å². The molecule has 2 aromatic rings. The zero-order valence-corrected chi connectivity index (χ0v) is 8.71. The van der Waals surface area contributed by atoms with E-state index >= 15 is 0 Å². The Balaban J connectivity index is 1.95. The average molecular weight is 213 g/mol. The summed E-state index contributed by atoms with van der Waals surface area (Å²) in [5.74, 6) is 0.0597. The average Bonchev–Trinajstić information content (AvgIpc) is 2.38. The standard InChI is InChI=1S/C12H11N3O/c16-12(11-7-14-9-15-8-11)4-3-10-2-1-5-13-6-10/h1-2,5-9H,3-4H2. The highest BCUT2D eigenvalue weighted by atomic mass is 16.1. The fraction of sp³-hybridized carbons (Fsp3) is 0.167. The third-order valence-electron chi connectivity index (χ3n) is 2.25. The molecule has 2 aromatic heterocycles. The van der Waals surface area contributed by atoms with Gasteiger partial charge in [-0.05, 0) is 18.1 Å². The van der Waals surface area contributed by atoms with E-state index in [4.69, 9.17) is 0 Å². The van der Waals surface area contributed by atoms with Gasteiger partial charge in [0.1, 0.15) is 6.33 Å². The van der Waals surface area contributed by atoms with Gasteiger partial charge in [0.2, 0.25) is 0 Å². The Morgan fingerprint density at radius 1 is 1.12 bits per heavy atom. The first-order valence-electron chi connectivity index (χ1n) is 5.03. The van der Waals surface area contributed by atoms with Crippen LogP contribution < -0.4 is 0 Å². The molecule has 0 aliphatic rings. The predicted octanol–water partition coefficient (Wildman–Crippen LogP) is 1.69. The third kappa shape index (κ3) is 2.70. The Labute approximate surface area is 93.4 Å². The number of hydrogen-bond donors (Lipinski definition) is 0. The minimum Gasteiger partial charge on any atom is -0.294 e. The van der Waals surface area contributed by atoms with Gasteiger partial charge in [-0.15, -0.1) is 0 Å². The molecule has 0 saturated carbocycles. The number of rotatable bonds is 4. The molecular weight excluding hydrogens is 202 g/mol. The monoisotopic (exact) mass is 213 g/mol. The van der Waals surface area contributed by atoms with E-state index < -0.39 is 0 Å². The van der Waals surface area contributed by atoms with Crippen LogP contribution >= 0.6 is 0 Å². The molecule has 2 heterocycles. The van der Waals surface area contributed by atoms with Gasteiger partial charge in [-0.1, -0.05) is 6.07 Å². The lowest BCUT2D eigenvalue weighted by Crippen LogP contribution is -2.02. The van der Waals surface area contributed by atoms with Gasteiger partial charge in [0.05, 0.1) is 5.56 Å². The molecule has 0 aliphatic carbocycles. The van der Waals surface area contributed by atoms with E-state index in [0.29, 0.717) is 18.4 Å². The number of carbonyl (C=O) groups excluding carboxylic acids is 1. The lowest BCUT2D eigenvalue weighted by atomic mass is 10.1. The largest absolute Gasteiger partial charge is 0.294 e.